The molecular formula is C14H24N2S2. The average molecular weight is 284 g/mol. The quantitative estimate of drug-likeness (QED) is 0.818. The second-order valence-corrected chi connectivity index (χ2v) is 7.45. The van der Waals surface area contributed by atoms with Crippen LogP contribution in [0.1, 0.15) is 51.1 Å². The summed E-state index contributed by atoms with van der Waals surface area (Å²) in [4.78, 5) is 4.60. The van der Waals surface area contributed by atoms with Crippen molar-refractivity contribution in [1.82, 2.24) is 10.3 Å². The Balaban J connectivity index is 1.96. The second kappa shape index (κ2) is 7.51. The van der Waals surface area contributed by atoms with Crippen LogP contribution in [0.25, 0.3) is 0 Å². The number of thiazole rings is 1. The van der Waals surface area contributed by atoms with Crippen LogP contribution in [-0.2, 0) is 0 Å². The van der Waals surface area contributed by atoms with E-state index in [1.807, 2.05) is 11.8 Å². The molecule has 1 saturated carbocycles. The lowest BCUT2D eigenvalue weighted by Gasteiger charge is -2.24. The Labute approximate surface area is 119 Å². The van der Waals surface area contributed by atoms with Gasteiger partial charge >= 0.3 is 0 Å². The van der Waals surface area contributed by atoms with Crippen LogP contribution in [0.4, 0.5) is 0 Å². The summed E-state index contributed by atoms with van der Waals surface area (Å²) in [7, 11) is 0. The third-order valence-corrected chi connectivity index (χ3v) is 5.95. The number of rotatable bonds is 5. The molecule has 0 radical (unpaired) electrons. The van der Waals surface area contributed by atoms with Gasteiger partial charge < -0.3 is 5.32 Å². The highest BCUT2D eigenvalue weighted by Gasteiger charge is 2.24. The van der Waals surface area contributed by atoms with Gasteiger partial charge in [0.05, 0.1) is 0 Å². The Morgan fingerprint density at radius 2 is 2.22 bits per heavy atom. The van der Waals surface area contributed by atoms with E-state index in [1.54, 1.807) is 11.3 Å². The predicted octanol–water partition coefficient (Wildman–Crippen LogP) is 4.24. The molecule has 1 aliphatic carbocycles. The smallest absolute Gasteiger partial charge is 0.150 e. The zero-order chi connectivity index (χ0) is 12.8. The van der Waals surface area contributed by atoms with Gasteiger partial charge in [0.15, 0.2) is 0 Å². The summed E-state index contributed by atoms with van der Waals surface area (Å²) in [6, 6.07) is 0.682. The molecular weight excluding hydrogens is 260 g/mol. The fraction of sp³-hybridized carbons (Fsp3) is 0.786. The van der Waals surface area contributed by atoms with Crippen LogP contribution < -0.4 is 5.32 Å². The lowest BCUT2D eigenvalue weighted by atomic mass is 10.1. The van der Waals surface area contributed by atoms with Gasteiger partial charge in [-0.2, -0.15) is 0 Å². The van der Waals surface area contributed by atoms with Gasteiger partial charge in [-0.25, -0.2) is 4.98 Å². The van der Waals surface area contributed by atoms with Gasteiger partial charge in [0, 0.05) is 22.4 Å². The van der Waals surface area contributed by atoms with Gasteiger partial charge in [-0.1, -0.05) is 37.9 Å². The van der Waals surface area contributed by atoms with E-state index in [9.17, 15) is 0 Å². The molecule has 2 nitrogen and oxygen atoms in total. The SMILES string of the molecule is CCCNC1CCCCCC1Sc1nc(C)cs1. The van der Waals surface area contributed by atoms with E-state index in [2.05, 4.69) is 29.5 Å². The zero-order valence-electron chi connectivity index (χ0n) is 11.4. The van der Waals surface area contributed by atoms with E-state index in [-0.39, 0.29) is 0 Å². The van der Waals surface area contributed by atoms with Crippen molar-refractivity contribution in [3.8, 4) is 0 Å². The van der Waals surface area contributed by atoms with Gasteiger partial charge in [0.1, 0.15) is 4.34 Å². The summed E-state index contributed by atoms with van der Waals surface area (Å²) >= 11 is 3.80. The third-order valence-electron chi connectivity index (χ3n) is 3.46. The van der Waals surface area contributed by atoms with Gasteiger partial charge in [-0.3, -0.25) is 0 Å². The Hall–Kier alpha value is -0.0600. The first-order chi connectivity index (χ1) is 8.79. The zero-order valence-corrected chi connectivity index (χ0v) is 13.1. The molecule has 4 heteroatoms. The maximum atomic E-state index is 4.60. The first-order valence-corrected chi connectivity index (χ1v) is 8.87. The summed E-state index contributed by atoms with van der Waals surface area (Å²) in [5.41, 5.74) is 1.16. The Kier molecular flexibility index (Phi) is 5.99. The number of aryl methyl sites for hydroxylation is 1. The molecule has 18 heavy (non-hydrogen) atoms. The maximum absolute atomic E-state index is 4.60. The van der Waals surface area contributed by atoms with E-state index < -0.39 is 0 Å². The van der Waals surface area contributed by atoms with Crippen LogP contribution in [0.2, 0.25) is 0 Å². The highest BCUT2D eigenvalue weighted by molar-refractivity contribution is 8.01. The minimum absolute atomic E-state index is 0.682. The Bertz CT molecular complexity index is 351. The molecule has 2 rings (SSSR count). The molecule has 102 valence electrons. The van der Waals surface area contributed by atoms with Crippen molar-refractivity contribution < 1.29 is 0 Å². The molecule has 0 bridgehead atoms. The molecule has 1 heterocycles. The number of thioether (sulfide) groups is 1. The van der Waals surface area contributed by atoms with Crippen LogP contribution >= 0.6 is 23.1 Å². The normalized spacial score (nSPS) is 25.0. The van der Waals surface area contributed by atoms with Crippen molar-refractivity contribution in [2.24, 2.45) is 0 Å². The molecule has 1 fully saturated rings. The van der Waals surface area contributed by atoms with Gasteiger partial charge in [0.25, 0.3) is 0 Å². The molecule has 2 atom stereocenters. The van der Waals surface area contributed by atoms with Crippen molar-refractivity contribution in [3.63, 3.8) is 0 Å². The molecule has 0 saturated heterocycles. The minimum atomic E-state index is 0.682. The summed E-state index contributed by atoms with van der Waals surface area (Å²) in [6.07, 6.45) is 8.07. The fourth-order valence-corrected chi connectivity index (χ4v) is 4.89. The van der Waals surface area contributed by atoms with Crippen LogP contribution in [0.15, 0.2) is 9.72 Å². The molecule has 0 spiro atoms. The van der Waals surface area contributed by atoms with Crippen molar-refractivity contribution in [3.05, 3.63) is 11.1 Å². The van der Waals surface area contributed by atoms with Crippen LogP contribution in [-0.4, -0.2) is 22.8 Å². The topological polar surface area (TPSA) is 24.9 Å². The van der Waals surface area contributed by atoms with Crippen molar-refractivity contribution in [2.75, 3.05) is 6.54 Å². The number of nitrogens with one attached hydrogen (secondary N) is 1. The van der Waals surface area contributed by atoms with Gasteiger partial charge in [0.2, 0.25) is 0 Å². The molecule has 1 aromatic heterocycles. The first kappa shape index (κ1) is 14.4. The molecule has 1 aromatic rings. The minimum Gasteiger partial charge on any atom is -0.313 e. The summed E-state index contributed by atoms with van der Waals surface area (Å²) < 4.78 is 1.25. The van der Waals surface area contributed by atoms with E-state index in [1.165, 1.54) is 42.9 Å². The van der Waals surface area contributed by atoms with Crippen LogP contribution in [0, 0.1) is 6.92 Å². The number of hydrogen-bond acceptors (Lipinski definition) is 4. The number of aromatic nitrogens is 1. The number of hydrogen-bond donors (Lipinski definition) is 1. The molecule has 2 unspecified atom stereocenters. The van der Waals surface area contributed by atoms with Crippen molar-refractivity contribution in [1.29, 1.82) is 0 Å². The third kappa shape index (κ3) is 4.25. The first-order valence-electron chi connectivity index (χ1n) is 7.11. The second-order valence-electron chi connectivity index (χ2n) is 5.11. The Morgan fingerprint density at radius 1 is 1.39 bits per heavy atom. The molecule has 0 amide bonds. The number of nitrogens with zero attached hydrogens (tertiary/aromatic N) is 1. The summed E-state index contributed by atoms with van der Waals surface area (Å²) in [5, 5.41) is 6.62. The standard InChI is InChI=1S/C14H24N2S2/c1-3-9-15-12-7-5-4-6-8-13(12)18-14-16-11(2)10-17-14/h10,12-13,15H,3-9H2,1-2H3. The van der Waals surface area contributed by atoms with Crippen LogP contribution in [0.5, 0.6) is 0 Å². The highest BCUT2D eigenvalue weighted by atomic mass is 32.2. The summed E-state index contributed by atoms with van der Waals surface area (Å²) in [6.45, 7) is 5.48. The van der Waals surface area contributed by atoms with Gasteiger partial charge in [-0.05, 0) is 32.7 Å². The average Bonchev–Trinajstić information content (AvgIpc) is 2.64. The monoisotopic (exact) mass is 284 g/mol. The molecule has 0 aromatic carbocycles. The van der Waals surface area contributed by atoms with E-state index in [0.717, 1.165) is 12.2 Å². The molecule has 1 aliphatic rings. The largest absolute Gasteiger partial charge is 0.313 e. The fourth-order valence-electron chi connectivity index (χ4n) is 2.49. The predicted molar refractivity (Wildman–Crippen MR) is 81.7 cm³/mol. The maximum Gasteiger partial charge on any atom is 0.150 e. The van der Waals surface area contributed by atoms with Crippen molar-refractivity contribution >= 4 is 23.1 Å². The highest BCUT2D eigenvalue weighted by Crippen LogP contribution is 2.34. The van der Waals surface area contributed by atoms with Gasteiger partial charge in [-0.15, -0.1) is 11.3 Å². The lowest BCUT2D eigenvalue weighted by molar-refractivity contribution is 0.470. The molecule has 1 N–H and O–H groups in total. The van der Waals surface area contributed by atoms with E-state index in [0.29, 0.717) is 11.3 Å². The molecule has 0 aliphatic heterocycles. The van der Waals surface area contributed by atoms with Crippen LogP contribution in [0.3, 0.4) is 0 Å². The Morgan fingerprint density at radius 3 is 2.94 bits per heavy atom. The van der Waals surface area contributed by atoms with E-state index >= 15 is 0 Å². The summed E-state index contributed by atoms with van der Waals surface area (Å²) in [5.74, 6) is 0. The lowest BCUT2D eigenvalue weighted by Crippen LogP contribution is -2.37. The van der Waals surface area contributed by atoms with Crippen molar-refractivity contribution in [2.45, 2.75) is 68.0 Å². The van der Waals surface area contributed by atoms with E-state index in [4.69, 9.17) is 0 Å².